The van der Waals surface area contributed by atoms with Crippen molar-refractivity contribution in [2.45, 2.75) is 19.3 Å². The molecule has 0 aromatic carbocycles. The Hall–Kier alpha value is 0.256. The summed E-state index contributed by atoms with van der Waals surface area (Å²) in [4.78, 5) is 15.2. The van der Waals surface area contributed by atoms with Crippen LogP contribution in [0.3, 0.4) is 0 Å². The second kappa shape index (κ2) is 5.97. The van der Waals surface area contributed by atoms with E-state index in [-0.39, 0.29) is 63.3 Å². The molecule has 0 amide bonds. The summed E-state index contributed by atoms with van der Waals surface area (Å²) in [6.45, 7) is 0. The third-order valence-electron chi connectivity index (χ3n) is 2.28. The van der Waals surface area contributed by atoms with Crippen molar-refractivity contribution in [2.75, 3.05) is 0 Å². The number of aromatic nitrogens is 1. The van der Waals surface area contributed by atoms with Gasteiger partial charge in [0.1, 0.15) is 0 Å². The molecule has 14 heavy (non-hydrogen) atoms. The van der Waals surface area contributed by atoms with E-state index in [1.54, 1.807) is 24.4 Å². The van der Waals surface area contributed by atoms with Gasteiger partial charge in [-0.2, -0.15) is 0 Å². The Balaban J connectivity index is 0.000000980. The zero-order chi connectivity index (χ0) is 9.10. The van der Waals surface area contributed by atoms with Crippen molar-refractivity contribution in [2.24, 2.45) is 5.92 Å². The van der Waals surface area contributed by atoms with Gasteiger partial charge in [-0.05, 0) is 18.9 Å². The van der Waals surface area contributed by atoms with E-state index in [1.165, 1.54) is 0 Å². The van der Waals surface area contributed by atoms with Crippen molar-refractivity contribution in [1.29, 1.82) is 0 Å². The number of rotatable bonds is 2. The summed E-state index contributed by atoms with van der Waals surface area (Å²) in [6, 6.07) is 5.29. The van der Waals surface area contributed by atoms with E-state index in [4.69, 9.17) is 4.74 Å². The zero-order valence-electron chi connectivity index (χ0n) is 7.27. The topological polar surface area (TPSA) is 39.2 Å². The van der Waals surface area contributed by atoms with Gasteiger partial charge in [-0.1, -0.05) is 12.5 Å². The molecule has 0 spiro atoms. The first-order valence-electron chi connectivity index (χ1n) is 4.49. The normalized spacial score (nSPS) is 15.1. The summed E-state index contributed by atoms with van der Waals surface area (Å²) in [7, 11) is 0. The van der Waals surface area contributed by atoms with E-state index in [9.17, 15) is 4.79 Å². The Morgan fingerprint density at radius 1 is 1.43 bits per heavy atom. The molecule has 0 unspecified atom stereocenters. The van der Waals surface area contributed by atoms with Crippen molar-refractivity contribution in [3.63, 3.8) is 0 Å². The fourth-order valence-corrected chi connectivity index (χ4v) is 1.24. The van der Waals surface area contributed by atoms with Crippen LogP contribution < -0.4 is 4.74 Å². The summed E-state index contributed by atoms with van der Waals surface area (Å²) in [5.74, 6) is 0.381. The first-order chi connectivity index (χ1) is 6.36. The molecule has 1 heterocycles. The number of carbonyl (C=O) groups excluding carboxylic acids is 1. The van der Waals surface area contributed by atoms with Gasteiger partial charge in [0.05, 0.1) is 5.92 Å². The van der Waals surface area contributed by atoms with Crippen molar-refractivity contribution < 1.29 is 9.53 Å². The van der Waals surface area contributed by atoms with Crippen LogP contribution in [-0.2, 0) is 4.79 Å². The number of pyridine rings is 1. The summed E-state index contributed by atoms with van der Waals surface area (Å²) in [6.07, 6.45) is 4.68. The van der Waals surface area contributed by atoms with Gasteiger partial charge in [-0.3, -0.25) is 4.79 Å². The molecule has 3 nitrogen and oxygen atoms in total. The molecule has 70 valence electrons. The molecule has 1 saturated carbocycles. The second-order valence-corrected chi connectivity index (χ2v) is 3.22. The monoisotopic (exact) mass is 217 g/mol. The van der Waals surface area contributed by atoms with E-state index >= 15 is 0 Å². The Kier molecular flexibility index (Phi) is 5.26. The molecule has 4 heteroatoms. The van der Waals surface area contributed by atoms with Gasteiger partial charge in [-0.25, -0.2) is 4.98 Å². The predicted molar refractivity (Wildman–Crippen MR) is 54.4 cm³/mol. The summed E-state index contributed by atoms with van der Waals surface area (Å²) in [5.41, 5.74) is 0. The SMILES string of the molecule is O=C(Oc1ccccn1)C1CCC1.[KH]. The molecule has 0 N–H and O–H groups in total. The van der Waals surface area contributed by atoms with Gasteiger partial charge in [-0.15, -0.1) is 0 Å². The molecule has 1 aromatic heterocycles. The number of ether oxygens (including phenoxy) is 1. The number of hydrogen-bond acceptors (Lipinski definition) is 3. The van der Waals surface area contributed by atoms with Gasteiger partial charge >= 0.3 is 57.4 Å². The summed E-state index contributed by atoms with van der Waals surface area (Å²) in [5, 5.41) is 0. The summed E-state index contributed by atoms with van der Waals surface area (Å²) >= 11 is 0. The van der Waals surface area contributed by atoms with Crippen LogP contribution in [0.25, 0.3) is 0 Å². The predicted octanol–water partition coefficient (Wildman–Crippen LogP) is 1.14. The molecular formula is C10H12KNO2. The second-order valence-electron chi connectivity index (χ2n) is 3.22. The van der Waals surface area contributed by atoms with Crippen molar-refractivity contribution in [3.8, 4) is 5.88 Å². The van der Waals surface area contributed by atoms with E-state index in [0.717, 1.165) is 19.3 Å². The Morgan fingerprint density at radius 2 is 2.21 bits per heavy atom. The van der Waals surface area contributed by atoms with Crippen LogP contribution in [0.2, 0.25) is 0 Å². The Bertz CT molecular complexity index is 298. The molecule has 1 aliphatic carbocycles. The molecule has 1 fully saturated rings. The molecule has 1 aromatic rings. The zero-order valence-corrected chi connectivity index (χ0v) is 7.27. The van der Waals surface area contributed by atoms with Crippen molar-refractivity contribution >= 4 is 57.4 Å². The van der Waals surface area contributed by atoms with Gasteiger partial charge in [0.15, 0.2) is 0 Å². The number of carbonyl (C=O) groups is 1. The molecule has 2 rings (SSSR count). The Labute approximate surface area is 126 Å². The van der Waals surface area contributed by atoms with Crippen LogP contribution in [0.15, 0.2) is 24.4 Å². The van der Waals surface area contributed by atoms with E-state index in [2.05, 4.69) is 4.98 Å². The quantitative estimate of drug-likeness (QED) is 0.551. The van der Waals surface area contributed by atoms with Gasteiger partial charge in [0, 0.05) is 12.3 Å². The third-order valence-corrected chi connectivity index (χ3v) is 2.28. The average molecular weight is 217 g/mol. The molecular weight excluding hydrogens is 205 g/mol. The van der Waals surface area contributed by atoms with E-state index < -0.39 is 0 Å². The number of esters is 1. The summed E-state index contributed by atoms with van der Waals surface area (Å²) < 4.78 is 5.07. The molecule has 0 atom stereocenters. The third kappa shape index (κ3) is 3.14. The Morgan fingerprint density at radius 3 is 2.71 bits per heavy atom. The fourth-order valence-electron chi connectivity index (χ4n) is 1.24. The minimum absolute atomic E-state index is 0. The standard InChI is InChI=1S/C10H11NO2.K.H/c12-10(8-4-3-5-8)13-9-6-1-2-7-11-9;;/h1-2,6-8H,3-5H2;;. The maximum atomic E-state index is 11.3. The van der Waals surface area contributed by atoms with E-state index in [1.807, 2.05) is 0 Å². The fraction of sp³-hybridized carbons (Fsp3) is 0.400. The first-order valence-corrected chi connectivity index (χ1v) is 4.49. The van der Waals surface area contributed by atoms with Crippen LogP contribution in [0.4, 0.5) is 0 Å². The maximum absolute atomic E-state index is 11.3. The van der Waals surface area contributed by atoms with Crippen LogP contribution in [0, 0.1) is 5.92 Å². The van der Waals surface area contributed by atoms with Crippen molar-refractivity contribution in [3.05, 3.63) is 24.4 Å². The van der Waals surface area contributed by atoms with E-state index in [0.29, 0.717) is 5.88 Å². The number of nitrogens with zero attached hydrogens (tertiary/aromatic N) is 1. The molecule has 1 aliphatic rings. The molecule has 0 bridgehead atoms. The van der Waals surface area contributed by atoms with Gasteiger partial charge in [0.2, 0.25) is 5.88 Å². The average Bonchev–Trinajstić information content (AvgIpc) is 2.02. The minimum atomic E-state index is -0.134. The van der Waals surface area contributed by atoms with Gasteiger partial charge in [0.25, 0.3) is 0 Å². The van der Waals surface area contributed by atoms with Crippen molar-refractivity contribution in [1.82, 2.24) is 4.98 Å². The first kappa shape index (κ1) is 12.3. The van der Waals surface area contributed by atoms with Crippen LogP contribution >= 0.6 is 0 Å². The van der Waals surface area contributed by atoms with Gasteiger partial charge < -0.3 is 4.74 Å². The van der Waals surface area contributed by atoms with Crippen LogP contribution in [-0.4, -0.2) is 62.3 Å². The molecule has 0 radical (unpaired) electrons. The van der Waals surface area contributed by atoms with Crippen LogP contribution in [0.1, 0.15) is 19.3 Å². The number of hydrogen-bond donors (Lipinski definition) is 0. The molecule has 0 saturated heterocycles. The van der Waals surface area contributed by atoms with Crippen LogP contribution in [0.5, 0.6) is 5.88 Å². The molecule has 0 aliphatic heterocycles.